The van der Waals surface area contributed by atoms with Gasteiger partial charge in [0, 0.05) is 17.0 Å². The minimum absolute atomic E-state index is 0.0222. The number of fused-ring (bicyclic) bond motifs is 2. The van der Waals surface area contributed by atoms with Crippen LogP contribution in [0.1, 0.15) is 15.9 Å². The highest BCUT2D eigenvalue weighted by Crippen LogP contribution is 2.23. The van der Waals surface area contributed by atoms with Crippen molar-refractivity contribution in [3.8, 4) is 5.75 Å². The van der Waals surface area contributed by atoms with Crippen LogP contribution in [0.3, 0.4) is 0 Å². The van der Waals surface area contributed by atoms with Gasteiger partial charge in [0.15, 0.2) is 0 Å². The van der Waals surface area contributed by atoms with Crippen LogP contribution in [0.15, 0.2) is 75.9 Å². The summed E-state index contributed by atoms with van der Waals surface area (Å²) >= 11 is 0. The zero-order valence-corrected chi connectivity index (χ0v) is 13.5. The number of benzene rings is 3. The topological polar surface area (TPSA) is 56.5 Å². The van der Waals surface area contributed by atoms with Crippen LogP contribution in [-0.2, 0) is 0 Å². The Kier molecular flexibility index (Phi) is 3.58. The van der Waals surface area contributed by atoms with Gasteiger partial charge in [-0.1, -0.05) is 42.5 Å². The molecule has 0 unspecified atom stereocenters. The van der Waals surface area contributed by atoms with Crippen molar-refractivity contribution in [2.75, 3.05) is 7.11 Å². The molecular formula is C21H14O4. The molecule has 4 heteroatoms. The van der Waals surface area contributed by atoms with Gasteiger partial charge in [0.2, 0.25) is 5.78 Å². The van der Waals surface area contributed by atoms with Crippen LogP contribution < -0.4 is 10.4 Å². The van der Waals surface area contributed by atoms with Crippen molar-refractivity contribution >= 4 is 27.5 Å². The average molecular weight is 330 g/mol. The Morgan fingerprint density at radius 2 is 1.68 bits per heavy atom. The van der Waals surface area contributed by atoms with Gasteiger partial charge in [-0.2, -0.15) is 0 Å². The molecule has 0 radical (unpaired) electrons. The van der Waals surface area contributed by atoms with Gasteiger partial charge >= 0.3 is 5.63 Å². The highest BCUT2D eigenvalue weighted by atomic mass is 16.5. The van der Waals surface area contributed by atoms with Crippen LogP contribution in [0.2, 0.25) is 0 Å². The molecule has 0 spiro atoms. The second kappa shape index (κ2) is 5.91. The van der Waals surface area contributed by atoms with E-state index in [4.69, 9.17) is 9.15 Å². The lowest BCUT2D eigenvalue weighted by Gasteiger charge is -2.06. The quantitative estimate of drug-likeness (QED) is 0.417. The van der Waals surface area contributed by atoms with E-state index in [9.17, 15) is 9.59 Å². The first-order valence-electron chi connectivity index (χ1n) is 7.82. The molecule has 0 atom stereocenters. The van der Waals surface area contributed by atoms with Crippen LogP contribution in [0, 0.1) is 0 Å². The molecule has 25 heavy (non-hydrogen) atoms. The molecule has 122 valence electrons. The largest absolute Gasteiger partial charge is 0.497 e. The summed E-state index contributed by atoms with van der Waals surface area (Å²) in [5, 5.41) is 2.43. The summed E-state index contributed by atoms with van der Waals surface area (Å²) in [5.41, 5.74) is 0.241. The number of carbonyl (C=O) groups is 1. The van der Waals surface area contributed by atoms with Crippen molar-refractivity contribution in [1.82, 2.24) is 0 Å². The molecule has 4 nitrogen and oxygen atoms in total. The van der Waals surface area contributed by atoms with Crippen LogP contribution in [-0.4, -0.2) is 12.9 Å². The Balaban J connectivity index is 1.90. The first kappa shape index (κ1) is 15.1. The molecule has 1 aromatic heterocycles. The Morgan fingerprint density at radius 3 is 2.52 bits per heavy atom. The number of hydrogen-bond acceptors (Lipinski definition) is 4. The summed E-state index contributed by atoms with van der Waals surface area (Å²) in [7, 11) is 1.54. The molecular weight excluding hydrogens is 316 g/mol. The fraction of sp³-hybridized carbons (Fsp3) is 0.0476. The maximum absolute atomic E-state index is 13.0. The average Bonchev–Trinajstić information content (AvgIpc) is 2.66. The first-order chi connectivity index (χ1) is 12.2. The Labute approximate surface area is 143 Å². The van der Waals surface area contributed by atoms with E-state index < -0.39 is 5.63 Å². The molecule has 0 saturated heterocycles. The minimum atomic E-state index is -0.654. The van der Waals surface area contributed by atoms with Crippen LogP contribution in [0.4, 0.5) is 0 Å². The lowest BCUT2D eigenvalue weighted by molar-refractivity contribution is 0.103. The number of hydrogen-bond donors (Lipinski definition) is 0. The predicted molar refractivity (Wildman–Crippen MR) is 96.4 cm³/mol. The maximum Gasteiger partial charge on any atom is 0.347 e. The van der Waals surface area contributed by atoms with Gasteiger partial charge in [0.1, 0.15) is 16.9 Å². The molecule has 0 N–H and O–H groups in total. The molecule has 0 aliphatic heterocycles. The smallest absolute Gasteiger partial charge is 0.347 e. The minimum Gasteiger partial charge on any atom is -0.497 e. The lowest BCUT2D eigenvalue weighted by atomic mass is 9.97. The van der Waals surface area contributed by atoms with Gasteiger partial charge in [-0.05, 0) is 29.0 Å². The third kappa shape index (κ3) is 2.58. The molecule has 0 aliphatic carbocycles. The van der Waals surface area contributed by atoms with E-state index in [0.29, 0.717) is 22.3 Å². The van der Waals surface area contributed by atoms with Gasteiger partial charge in [-0.3, -0.25) is 4.79 Å². The van der Waals surface area contributed by atoms with E-state index in [2.05, 4.69) is 0 Å². The predicted octanol–water partition coefficient (Wildman–Crippen LogP) is 4.19. The molecule has 0 amide bonds. The summed E-state index contributed by atoms with van der Waals surface area (Å²) in [6.07, 6.45) is 0. The van der Waals surface area contributed by atoms with Gasteiger partial charge < -0.3 is 9.15 Å². The van der Waals surface area contributed by atoms with Crippen LogP contribution in [0.25, 0.3) is 21.7 Å². The number of carbonyl (C=O) groups excluding carboxylic acids is 1. The fourth-order valence-corrected chi connectivity index (χ4v) is 2.95. The monoisotopic (exact) mass is 330 g/mol. The molecule has 0 aliphatic rings. The van der Waals surface area contributed by atoms with E-state index in [1.807, 2.05) is 36.4 Å². The Hall–Kier alpha value is -3.40. The van der Waals surface area contributed by atoms with E-state index in [1.54, 1.807) is 30.3 Å². The molecule has 0 bridgehead atoms. The van der Waals surface area contributed by atoms with Crippen molar-refractivity contribution in [3.05, 3.63) is 88.3 Å². The molecule has 0 fully saturated rings. The van der Waals surface area contributed by atoms with Crippen LogP contribution >= 0.6 is 0 Å². The number of ketones is 1. The van der Waals surface area contributed by atoms with E-state index in [-0.39, 0.29) is 11.3 Å². The second-order valence-corrected chi connectivity index (χ2v) is 5.71. The van der Waals surface area contributed by atoms with E-state index >= 15 is 0 Å². The van der Waals surface area contributed by atoms with Crippen molar-refractivity contribution in [2.45, 2.75) is 0 Å². The summed E-state index contributed by atoms with van der Waals surface area (Å²) in [5.74, 6) is 0.243. The normalized spacial score (nSPS) is 10.9. The molecule has 4 rings (SSSR count). The van der Waals surface area contributed by atoms with Crippen molar-refractivity contribution < 1.29 is 13.9 Å². The van der Waals surface area contributed by atoms with Gasteiger partial charge in [-0.25, -0.2) is 4.79 Å². The van der Waals surface area contributed by atoms with E-state index in [1.165, 1.54) is 7.11 Å². The second-order valence-electron chi connectivity index (χ2n) is 5.71. The number of methoxy groups -OCH3 is 1. The standard InChI is InChI=1S/C21H14O4/c1-24-15-10-9-14-11-18(21(23)25-19(14)12-15)20(22)17-8-4-6-13-5-2-3-7-16(13)17/h2-12H,1H3. The van der Waals surface area contributed by atoms with Crippen molar-refractivity contribution in [3.63, 3.8) is 0 Å². The maximum atomic E-state index is 13.0. The Bertz CT molecular complexity index is 1170. The summed E-state index contributed by atoms with van der Waals surface area (Å²) < 4.78 is 10.5. The molecule has 3 aromatic carbocycles. The van der Waals surface area contributed by atoms with Crippen molar-refractivity contribution in [1.29, 1.82) is 0 Å². The lowest BCUT2D eigenvalue weighted by Crippen LogP contribution is -2.15. The van der Waals surface area contributed by atoms with Crippen LogP contribution in [0.5, 0.6) is 5.75 Å². The summed E-state index contributed by atoms with van der Waals surface area (Å²) in [6.45, 7) is 0. The molecule has 4 aromatic rings. The van der Waals surface area contributed by atoms with Crippen molar-refractivity contribution in [2.24, 2.45) is 0 Å². The first-order valence-corrected chi connectivity index (χ1v) is 7.82. The van der Waals surface area contributed by atoms with Gasteiger partial charge in [0.25, 0.3) is 0 Å². The molecule has 1 heterocycles. The highest BCUT2D eigenvalue weighted by Gasteiger charge is 2.18. The number of ether oxygens (including phenoxy) is 1. The summed E-state index contributed by atoms with van der Waals surface area (Å²) in [4.78, 5) is 25.3. The highest BCUT2D eigenvalue weighted by molar-refractivity contribution is 6.16. The zero-order valence-electron chi connectivity index (χ0n) is 13.5. The fourth-order valence-electron chi connectivity index (χ4n) is 2.95. The SMILES string of the molecule is COc1ccc2cc(C(=O)c3cccc4ccccc34)c(=O)oc2c1. The summed E-state index contributed by atoms with van der Waals surface area (Å²) in [6, 6.07) is 19.8. The van der Waals surface area contributed by atoms with E-state index in [0.717, 1.165) is 10.8 Å². The number of rotatable bonds is 3. The Morgan fingerprint density at radius 1 is 0.880 bits per heavy atom. The third-order valence-electron chi connectivity index (χ3n) is 4.22. The van der Waals surface area contributed by atoms with Gasteiger partial charge in [0.05, 0.1) is 7.11 Å². The third-order valence-corrected chi connectivity index (χ3v) is 4.22. The van der Waals surface area contributed by atoms with Gasteiger partial charge in [-0.15, -0.1) is 0 Å². The molecule has 0 saturated carbocycles. The zero-order chi connectivity index (χ0) is 17.4.